The van der Waals surface area contributed by atoms with Crippen molar-refractivity contribution >= 4 is 81.9 Å². The number of rotatable bonds is 6. The molecular weight excluding hydrogens is 531 g/mol. The fourth-order valence-electron chi connectivity index (χ4n) is 3.21. The van der Waals surface area contributed by atoms with Crippen LogP contribution >= 0.6 is 31.5 Å². The molecule has 0 saturated heterocycles. The molecule has 1 aromatic heterocycles. The summed E-state index contributed by atoms with van der Waals surface area (Å²) < 4.78 is 0. The number of nitrogens with zero attached hydrogens (tertiary/aromatic N) is 2. The normalized spacial score (nSPS) is 12.4. The number of thiophene rings is 1. The van der Waals surface area contributed by atoms with Crippen LogP contribution in [0.5, 0.6) is 0 Å². The molecule has 32 heavy (non-hydrogen) atoms. The standard InChI is InChI=1S/C24H30N2SSi2.2ClH.Fe/c1-28(2,3)23-13-9-7-11-21(23)25-17-19-15-16-20(27-19)18-26-22-12-8-10-14-24(22)29(4,5)6;;;/h7-18H,1-6H3;2*1H;/q;;;+2/p-2. The van der Waals surface area contributed by atoms with Gasteiger partial charge < -0.3 is 0 Å². The van der Waals surface area contributed by atoms with E-state index in [1.165, 1.54) is 10.4 Å². The summed E-state index contributed by atoms with van der Waals surface area (Å²) in [6.45, 7) is 14.2. The first-order valence-corrected chi connectivity index (χ1v) is 21.1. The number of halogens is 2. The van der Waals surface area contributed by atoms with Crippen LogP contribution in [0.15, 0.2) is 70.6 Å². The van der Waals surface area contributed by atoms with Gasteiger partial charge in [-0.15, -0.1) is 11.3 Å². The van der Waals surface area contributed by atoms with Gasteiger partial charge in [0.25, 0.3) is 0 Å². The number of hydrogen-bond acceptors (Lipinski definition) is 3. The molecule has 0 spiro atoms. The van der Waals surface area contributed by atoms with Gasteiger partial charge in [-0.05, 0) is 34.6 Å². The molecule has 0 saturated carbocycles. The van der Waals surface area contributed by atoms with Crippen molar-refractivity contribution in [2.24, 2.45) is 9.98 Å². The van der Waals surface area contributed by atoms with E-state index in [2.05, 4.69) is 99.9 Å². The summed E-state index contributed by atoms with van der Waals surface area (Å²) >= 11 is 1.92. The van der Waals surface area contributed by atoms with Crippen LogP contribution in [0.3, 0.4) is 0 Å². The Kier molecular flexibility index (Phi) is 10.6. The molecule has 0 atom stereocenters. The summed E-state index contributed by atoms with van der Waals surface area (Å²) in [6, 6.07) is 21.3. The third-order valence-electron chi connectivity index (χ3n) is 4.73. The van der Waals surface area contributed by atoms with Gasteiger partial charge in [-0.3, -0.25) is 9.98 Å². The zero-order valence-corrected chi connectivity index (χ0v) is 24.8. The molecule has 3 rings (SSSR count). The molecule has 0 radical (unpaired) electrons. The molecule has 2 nitrogen and oxygen atoms in total. The Labute approximate surface area is 213 Å². The number of aliphatic imine (C=N–C) groups is 2. The van der Waals surface area contributed by atoms with Gasteiger partial charge in [0.1, 0.15) is 0 Å². The van der Waals surface area contributed by atoms with Crippen molar-refractivity contribution in [3.63, 3.8) is 0 Å². The number of para-hydroxylation sites is 2. The van der Waals surface area contributed by atoms with Gasteiger partial charge in [0, 0.05) is 22.2 Å². The van der Waals surface area contributed by atoms with Crippen molar-refractivity contribution in [3.05, 3.63) is 70.4 Å². The molecule has 0 bridgehead atoms. The molecule has 2 aromatic carbocycles. The van der Waals surface area contributed by atoms with Crippen LogP contribution in [-0.4, -0.2) is 28.6 Å². The fourth-order valence-corrected chi connectivity index (χ4v) is 6.99. The van der Waals surface area contributed by atoms with Gasteiger partial charge in [0.05, 0.1) is 27.5 Å². The minimum atomic E-state index is -1.41. The predicted molar refractivity (Wildman–Crippen MR) is 149 cm³/mol. The van der Waals surface area contributed by atoms with Gasteiger partial charge in [-0.1, -0.05) is 75.7 Å². The first-order chi connectivity index (χ1) is 15.1. The number of benzene rings is 2. The van der Waals surface area contributed by atoms with E-state index in [1.807, 2.05) is 12.4 Å². The predicted octanol–water partition coefficient (Wildman–Crippen LogP) is 7.72. The summed E-state index contributed by atoms with van der Waals surface area (Å²) in [4.78, 5) is 11.9. The number of hydrogen-bond donors (Lipinski definition) is 0. The first kappa shape index (κ1) is 27.3. The first-order valence-electron chi connectivity index (χ1n) is 10.3. The molecule has 0 N–H and O–H groups in total. The zero-order chi connectivity index (χ0) is 23.8. The van der Waals surface area contributed by atoms with E-state index < -0.39 is 16.1 Å². The van der Waals surface area contributed by atoms with E-state index >= 15 is 0 Å². The van der Waals surface area contributed by atoms with Crippen molar-refractivity contribution < 1.29 is 13.1 Å². The van der Waals surface area contributed by atoms with Crippen LogP contribution in [0.1, 0.15) is 9.75 Å². The Morgan fingerprint density at radius 2 is 1.00 bits per heavy atom. The Morgan fingerprint density at radius 1 is 0.656 bits per heavy atom. The quantitative estimate of drug-likeness (QED) is 0.218. The molecular formula is C24H30Cl2FeN2SSi2. The maximum atomic E-state index is 4.80. The molecule has 0 fully saturated rings. The van der Waals surface area contributed by atoms with E-state index in [0.29, 0.717) is 0 Å². The molecule has 0 amide bonds. The van der Waals surface area contributed by atoms with Gasteiger partial charge in [0.15, 0.2) is 0 Å². The summed E-state index contributed by atoms with van der Waals surface area (Å²) in [5.74, 6) is 0. The molecule has 0 aliphatic carbocycles. The van der Waals surface area contributed by atoms with Gasteiger partial charge in [-0.2, -0.15) is 0 Å². The third-order valence-corrected chi connectivity index (χ3v) is 9.77. The molecule has 172 valence electrons. The van der Waals surface area contributed by atoms with Crippen LogP contribution in [0, 0.1) is 0 Å². The van der Waals surface area contributed by atoms with Crippen LogP contribution in [0.2, 0.25) is 39.3 Å². The van der Waals surface area contributed by atoms with Crippen molar-refractivity contribution in [1.29, 1.82) is 0 Å². The van der Waals surface area contributed by atoms with E-state index in [4.69, 9.17) is 30.2 Å². The van der Waals surface area contributed by atoms with Crippen LogP contribution in [-0.2, 0) is 13.1 Å². The Morgan fingerprint density at radius 3 is 1.34 bits per heavy atom. The van der Waals surface area contributed by atoms with Crippen LogP contribution in [0.4, 0.5) is 11.4 Å². The summed E-state index contributed by atoms with van der Waals surface area (Å²) in [6.07, 6.45) is 3.97. The SMILES string of the molecule is C[Si](C)(C)c1ccccc1N=Cc1ccc(C=Nc2ccccc2[Si](C)(C)C)s1.[Cl][Fe][Cl]. The molecule has 8 heteroatoms. The molecule has 3 aromatic rings. The third kappa shape index (κ3) is 8.42. The van der Waals surface area contributed by atoms with Crippen molar-refractivity contribution in [1.82, 2.24) is 0 Å². The van der Waals surface area contributed by atoms with Crippen LogP contribution in [0.25, 0.3) is 0 Å². The molecule has 0 aliphatic heterocycles. The van der Waals surface area contributed by atoms with Crippen LogP contribution < -0.4 is 10.4 Å². The Hall–Kier alpha value is -0.987. The Bertz CT molecular complexity index is 988. The van der Waals surface area contributed by atoms with Gasteiger partial charge in [-0.25, -0.2) is 0 Å². The monoisotopic (exact) mass is 560 g/mol. The average molecular weight is 562 g/mol. The van der Waals surface area contributed by atoms with E-state index in [-0.39, 0.29) is 13.1 Å². The second-order valence-corrected chi connectivity index (χ2v) is 22.4. The summed E-state index contributed by atoms with van der Waals surface area (Å²) in [5.41, 5.74) is 2.19. The maximum absolute atomic E-state index is 4.80. The topological polar surface area (TPSA) is 24.7 Å². The van der Waals surface area contributed by atoms with Gasteiger partial charge in [0.2, 0.25) is 0 Å². The van der Waals surface area contributed by atoms with Gasteiger partial charge >= 0.3 is 33.3 Å². The second kappa shape index (κ2) is 12.5. The average Bonchev–Trinajstić information content (AvgIpc) is 3.18. The summed E-state index contributed by atoms with van der Waals surface area (Å²) in [7, 11) is 6.71. The Balaban J connectivity index is 0.00000114. The van der Waals surface area contributed by atoms with Crippen molar-refractivity contribution in [2.45, 2.75) is 39.3 Å². The van der Waals surface area contributed by atoms with E-state index in [0.717, 1.165) is 21.1 Å². The molecule has 0 unspecified atom stereocenters. The van der Waals surface area contributed by atoms with E-state index in [9.17, 15) is 0 Å². The molecule has 0 aliphatic rings. The second-order valence-electron chi connectivity index (χ2n) is 9.34. The van der Waals surface area contributed by atoms with E-state index in [1.54, 1.807) is 11.3 Å². The molecule has 1 heterocycles. The van der Waals surface area contributed by atoms with Crippen molar-refractivity contribution in [3.8, 4) is 0 Å². The summed E-state index contributed by atoms with van der Waals surface area (Å²) in [5, 5.41) is 2.80. The zero-order valence-electron chi connectivity index (χ0n) is 19.3. The fraction of sp³-hybridized carbons (Fsp3) is 0.250. The minimum absolute atomic E-state index is 0.194. The van der Waals surface area contributed by atoms with Crippen molar-refractivity contribution in [2.75, 3.05) is 0 Å².